The van der Waals surface area contributed by atoms with Gasteiger partial charge in [-0.05, 0) is 35.9 Å². The van der Waals surface area contributed by atoms with Crippen molar-refractivity contribution in [2.75, 3.05) is 7.11 Å². The minimum Gasteiger partial charge on any atom is -0.439 e. The normalized spacial score (nSPS) is 10.6. The fourth-order valence-corrected chi connectivity index (χ4v) is 2.40. The Kier molecular flexibility index (Phi) is 6.30. The quantitative estimate of drug-likeness (QED) is 0.499. The van der Waals surface area contributed by atoms with Gasteiger partial charge in [0.1, 0.15) is 18.7 Å². The summed E-state index contributed by atoms with van der Waals surface area (Å²) in [6, 6.07) is 16.2. The van der Waals surface area contributed by atoms with Gasteiger partial charge in [0.05, 0.1) is 6.21 Å². The molecule has 0 unspecified atom stereocenters. The molecule has 7 heteroatoms. The molecule has 3 rings (SSSR count). The summed E-state index contributed by atoms with van der Waals surface area (Å²) >= 11 is 0. The molecule has 1 N–H and O–H groups in total. The highest BCUT2D eigenvalue weighted by molar-refractivity contribution is 5.95. The highest BCUT2D eigenvalue weighted by Gasteiger charge is 2.10. The van der Waals surface area contributed by atoms with Gasteiger partial charge in [-0.1, -0.05) is 29.4 Å². The average Bonchev–Trinajstić information content (AvgIpc) is 2.72. The highest BCUT2D eigenvalue weighted by Crippen LogP contribution is 2.23. The molecule has 0 aliphatic rings. The van der Waals surface area contributed by atoms with Gasteiger partial charge < -0.3 is 14.9 Å². The van der Waals surface area contributed by atoms with Crippen molar-refractivity contribution in [2.24, 2.45) is 5.16 Å². The van der Waals surface area contributed by atoms with E-state index in [9.17, 15) is 9.18 Å². The number of hydrogen-bond acceptors (Lipinski definition) is 5. The van der Waals surface area contributed by atoms with Gasteiger partial charge in [-0.2, -0.15) is 0 Å². The average molecular weight is 379 g/mol. The number of benzene rings is 2. The van der Waals surface area contributed by atoms with Crippen LogP contribution in [-0.4, -0.2) is 24.2 Å². The number of oxime groups is 1. The molecule has 1 aromatic heterocycles. The van der Waals surface area contributed by atoms with E-state index in [-0.39, 0.29) is 12.5 Å². The first-order chi connectivity index (χ1) is 13.7. The molecule has 2 aromatic carbocycles. The SMILES string of the molecule is CO/N=C/c1ccc(C(=O)NCc2cccnc2Oc2cccc(F)c2)cc1. The first kappa shape index (κ1) is 19.0. The van der Waals surface area contributed by atoms with Crippen LogP contribution in [0.4, 0.5) is 4.39 Å². The van der Waals surface area contributed by atoms with Crippen molar-refractivity contribution in [2.45, 2.75) is 6.54 Å². The Morgan fingerprint density at radius 1 is 1.18 bits per heavy atom. The van der Waals surface area contributed by atoms with Crippen molar-refractivity contribution in [3.63, 3.8) is 0 Å². The second-order valence-corrected chi connectivity index (χ2v) is 5.75. The Hall–Kier alpha value is -3.74. The Bertz CT molecular complexity index is 975. The molecule has 0 spiro atoms. The smallest absolute Gasteiger partial charge is 0.251 e. The topological polar surface area (TPSA) is 72.8 Å². The standard InChI is InChI=1S/C21H18FN3O3/c1-27-25-13-15-7-9-16(10-8-15)20(26)24-14-17-4-3-11-23-21(17)28-19-6-2-5-18(22)12-19/h2-13H,14H2,1H3,(H,24,26)/b25-13+. The first-order valence-corrected chi connectivity index (χ1v) is 8.48. The van der Waals surface area contributed by atoms with Crippen LogP contribution < -0.4 is 10.1 Å². The lowest BCUT2D eigenvalue weighted by Crippen LogP contribution is -2.23. The molecular formula is C21H18FN3O3. The van der Waals surface area contributed by atoms with E-state index in [0.29, 0.717) is 22.8 Å². The third kappa shape index (κ3) is 5.14. The number of hydrogen-bond donors (Lipinski definition) is 1. The molecule has 0 saturated heterocycles. The van der Waals surface area contributed by atoms with E-state index in [1.165, 1.54) is 19.2 Å². The Labute approximate surface area is 161 Å². The van der Waals surface area contributed by atoms with E-state index in [4.69, 9.17) is 4.74 Å². The molecule has 0 bridgehead atoms. The summed E-state index contributed by atoms with van der Waals surface area (Å²) in [5, 5.41) is 6.50. The first-order valence-electron chi connectivity index (χ1n) is 8.48. The van der Waals surface area contributed by atoms with E-state index in [2.05, 4.69) is 20.3 Å². The largest absolute Gasteiger partial charge is 0.439 e. The Morgan fingerprint density at radius 3 is 2.75 bits per heavy atom. The molecule has 0 saturated carbocycles. The monoisotopic (exact) mass is 379 g/mol. The molecule has 0 aliphatic carbocycles. The van der Waals surface area contributed by atoms with Crippen LogP contribution in [0, 0.1) is 5.82 Å². The lowest BCUT2D eigenvalue weighted by Gasteiger charge is -2.11. The van der Waals surface area contributed by atoms with Gasteiger partial charge in [0.25, 0.3) is 5.91 Å². The van der Waals surface area contributed by atoms with E-state index in [1.807, 2.05) is 0 Å². The predicted molar refractivity (Wildman–Crippen MR) is 103 cm³/mol. The second kappa shape index (κ2) is 9.27. The molecule has 1 amide bonds. The Morgan fingerprint density at radius 2 is 2.00 bits per heavy atom. The number of carbonyl (C=O) groups is 1. The van der Waals surface area contributed by atoms with Gasteiger partial charge in [0.2, 0.25) is 5.88 Å². The van der Waals surface area contributed by atoms with Crippen LogP contribution in [0.2, 0.25) is 0 Å². The number of carbonyl (C=O) groups excluding carboxylic acids is 1. The van der Waals surface area contributed by atoms with Crippen LogP contribution in [0.1, 0.15) is 21.5 Å². The van der Waals surface area contributed by atoms with Crippen molar-refractivity contribution in [1.82, 2.24) is 10.3 Å². The number of halogens is 1. The van der Waals surface area contributed by atoms with Gasteiger partial charge >= 0.3 is 0 Å². The predicted octanol–water partition coefficient (Wildman–Crippen LogP) is 3.92. The van der Waals surface area contributed by atoms with Gasteiger partial charge in [0, 0.05) is 29.9 Å². The number of nitrogens with one attached hydrogen (secondary N) is 1. The third-order valence-corrected chi connectivity index (χ3v) is 3.78. The van der Waals surface area contributed by atoms with Crippen molar-refractivity contribution < 1.29 is 18.8 Å². The summed E-state index contributed by atoms with van der Waals surface area (Å²) < 4.78 is 19.0. The lowest BCUT2D eigenvalue weighted by molar-refractivity contribution is 0.0950. The summed E-state index contributed by atoms with van der Waals surface area (Å²) in [6.07, 6.45) is 3.12. The Balaban J connectivity index is 1.66. The molecular weight excluding hydrogens is 361 g/mol. The molecule has 0 radical (unpaired) electrons. The zero-order valence-electron chi connectivity index (χ0n) is 15.1. The van der Waals surface area contributed by atoms with Crippen molar-refractivity contribution >= 4 is 12.1 Å². The molecule has 0 atom stereocenters. The summed E-state index contributed by atoms with van der Waals surface area (Å²) in [5.74, 6) is -0.00261. The van der Waals surface area contributed by atoms with Gasteiger partial charge in [-0.3, -0.25) is 4.79 Å². The lowest BCUT2D eigenvalue weighted by atomic mass is 10.1. The van der Waals surface area contributed by atoms with Crippen LogP contribution in [0.15, 0.2) is 72.0 Å². The molecule has 0 fully saturated rings. The maximum Gasteiger partial charge on any atom is 0.251 e. The minimum absolute atomic E-state index is 0.213. The third-order valence-electron chi connectivity index (χ3n) is 3.78. The summed E-state index contributed by atoms with van der Waals surface area (Å²) in [5.41, 5.74) is 1.99. The fourth-order valence-electron chi connectivity index (χ4n) is 2.40. The maximum atomic E-state index is 13.3. The zero-order chi connectivity index (χ0) is 19.8. The number of amides is 1. The fraction of sp³-hybridized carbons (Fsp3) is 0.0952. The summed E-state index contributed by atoms with van der Waals surface area (Å²) in [4.78, 5) is 21.2. The van der Waals surface area contributed by atoms with E-state index in [1.54, 1.807) is 60.9 Å². The van der Waals surface area contributed by atoms with Gasteiger partial charge in [0.15, 0.2) is 0 Å². The molecule has 0 aliphatic heterocycles. The molecule has 3 aromatic rings. The van der Waals surface area contributed by atoms with Crippen molar-refractivity contribution in [1.29, 1.82) is 0 Å². The van der Waals surface area contributed by atoms with Crippen LogP contribution in [0.25, 0.3) is 0 Å². The van der Waals surface area contributed by atoms with E-state index >= 15 is 0 Å². The number of nitrogens with zero attached hydrogens (tertiary/aromatic N) is 2. The summed E-state index contributed by atoms with van der Waals surface area (Å²) in [6.45, 7) is 0.213. The van der Waals surface area contributed by atoms with Gasteiger partial charge in [-0.15, -0.1) is 0 Å². The number of pyridine rings is 1. The highest BCUT2D eigenvalue weighted by atomic mass is 19.1. The molecule has 28 heavy (non-hydrogen) atoms. The number of aromatic nitrogens is 1. The minimum atomic E-state index is -0.401. The number of rotatable bonds is 7. The molecule has 1 heterocycles. The van der Waals surface area contributed by atoms with Crippen LogP contribution in [-0.2, 0) is 11.4 Å². The second-order valence-electron chi connectivity index (χ2n) is 5.75. The zero-order valence-corrected chi connectivity index (χ0v) is 15.1. The molecule has 6 nitrogen and oxygen atoms in total. The van der Waals surface area contributed by atoms with Crippen LogP contribution >= 0.6 is 0 Å². The van der Waals surface area contributed by atoms with E-state index in [0.717, 1.165) is 5.56 Å². The van der Waals surface area contributed by atoms with Crippen LogP contribution in [0.5, 0.6) is 11.6 Å². The van der Waals surface area contributed by atoms with Gasteiger partial charge in [-0.25, -0.2) is 9.37 Å². The summed E-state index contributed by atoms with van der Waals surface area (Å²) in [7, 11) is 1.46. The van der Waals surface area contributed by atoms with Crippen molar-refractivity contribution in [3.05, 3.63) is 89.4 Å². The maximum absolute atomic E-state index is 13.3. The van der Waals surface area contributed by atoms with Crippen molar-refractivity contribution in [3.8, 4) is 11.6 Å². The molecule has 142 valence electrons. The number of ether oxygens (including phenoxy) is 1. The van der Waals surface area contributed by atoms with Crippen LogP contribution in [0.3, 0.4) is 0 Å². The van der Waals surface area contributed by atoms with E-state index < -0.39 is 5.82 Å².